The van der Waals surface area contributed by atoms with Gasteiger partial charge in [0.1, 0.15) is 5.82 Å². The Labute approximate surface area is 78.1 Å². The SMILES string of the molecule is CCS(=O)(=O)Nc1ncccc1C. The van der Waals surface area contributed by atoms with Crippen LogP contribution in [0.25, 0.3) is 0 Å². The van der Waals surface area contributed by atoms with Crippen molar-refractivity contribution in [2.75, 3.05) is 10.5 Å². The molecule has 1 heterocycles. The average Bonchev–Trinajstić information content (AvgIpc) is 2.09. The van der Waals surface area contributed by atoms with Gasteiger partial charge < -0.3 is 0 Å². The molecule has 1 N–H and O–H groups in total. The summed E-state index contributed by atoms with van der Waals surface area (Å²) < 4.78 is 24.7. The highest BCUT2D eigenvalue weighted by Crippen LogP contribution is 2.10. The maximum Gasteiger partial charge on any atom is 0.233 e. The number of aryl methyl sites for hydroxylation is 1. The molecule has 13 heavy (non-hydrogen) atoms. The van der Waals surface area contributed by atoms with E-state index in [0.717, 1.165) is 5.56 Å². The third kappa shape index (κ3) is 2.69. The number of anilines is 1. The third-order valence-corrected chi connectivity index (χ3v) is 2.91. The Kier molecular flexibility index (Phi) is 2.87. The number of nitrogens with zero attached hydrogens (tertiary/aromatic N) is 1. The number of pyridine rings is 1. The molecule has 72 valence electrons. The van der Waals surface area contributed by atoms with Crippen molar-refractivity contribution in [3.05, 3.63) is 23.9 Å². The van der Waals surface area contributed by atoms with E-state index in [4.69, 9.17) is 0 Å². The predicted octanol–water partition coefficient (Wildman–Crippen LogP) is 1.15. The van der Waals surface area contributed by atoms with E-state index >= 15 is 0 Å². The number of sulfonamides is 1. The third-order valence-electron chi connectivity index (χ3n) is 1.64. The monoisotopic (exact) mass is 200 g/mol. The van der Waals surface area contributed by atoms with E-state index in [1.54, 1.807) is 32.2 Å². The second kappa shape index (κ2) is 3.74. The summed E-state index contributed by atoms with van der Waals surface area (Å²) in [7, 11) is -3.21. The van der Waals surface area contributed by atoms with Crippen LogP contribution in [0.2, 0.25) is 0 Å². The summed E-state index contributed by atoms with van der Waals surface area (Å²) >= 11 is 0. The van der Waals surface area contributed by atoms with E-state index in [1.165, 1.54) is 0 Å². The first-order valence-corrected chi connectivity index (χ1v) is 5.62. The minimum absolute atomic E-state index is 0.0585. The van der Waals surface area contributed by atoms with Gasteiger partial charge in [0.25, 0.3) is 0 Å². The molecule has 0 saturated carbocycles. The molecule has 0 unspecified atom stereocenters. The minimum atomic E-state index is -3.21. The molecule has 0 bridgehead atoms. The topological polar surface area (TPSA) is 59.1 Å². The van der Waals surface area contributed by atoms with Crippen molar-refractivity contribution in [2.24, 2.45) is 0 Å². The Balaban J connectivity index is 2.93. The number of aromatic nitrogens is 1. The molecule has 5 heteroatoms. The van der Waals surface area contributed by atoms with Gasteiger partial charge in [-0.1, -0.05) is 6.07 Å². The highest BCUT2D eigenvalue weighted by Gasteiger charge is 2.08. The summed E-state index contributed by atoms with van der Waals surface area (Å²) in [4.78, 5) is 3.92. The van der Waals surface area contributed by atoms with E-state index in [9.17, 15) is 8.42 Å². The molecule has 0 fully saturated rings. The highest BCUT2D eigenvalue weighted by atomic mass is 32.2. The lowest BCUT2D eigenvalue weighted by molar-refractivity contribution is 0.602. The molecule has 0 spiro atoms. The molecule has 0 aromatic carbocycles. The summed E-state index contributed by atoms with van der Waals surface area (Å²) in [6, 6.07) is 3.57. The van der Waals surface area contributed by atoms with Gasteiger partial charge in [0.15, 0.2) is 0 Å². The second-order valence-corrected chi connectivity index (χ2v) is 4.69. The van der Waals surface area contributed by atoms with Crippen LogP contribution in [-0.4, -0.2) is 19.2 Å². The Bertz CT molecular complexity index is 387. The van der Waals surface area contributed by atoms with Gasteiger partial charge in [0, 0.05) is 6.20 Å². The zero-order valence-electron chi connectivity index (χ0n) is 7.61. The smallest absolute Gasteiger partial charge is 0.233 e. The first-order chi connectivity index (χ1) is 6.05. The number of rotatable bonds is 3. The fourth-order valence-electron chi connectivity index (χ4n) is 0.812. The fraction of sp³-hybridized carbons (Fsp3) is 0.375. The molecular weight excluding hydrogens is 188 g/mol. The highest BCUT2D eigenvalue weighted by molar-refractivity contribution is 7.92. The lowest BCUT2D eigenvalue weighted by atomic mass is 10.3. The maximum atomic E-state index is 11.2. The quantitative estimate of drug-likeness (QED) is 0.796. The molecule has 4 nitrogen and oxygen atoms in total. The Hall–Kier alpha value is -1.10. The Morgan fingerprint density at radius 2 is 2.23 bits per heavy atom. The van der Waals surface area contributed by atoms with Crippen LogP contribution in [0.15, 0.2) is 18.3 Å². The van der Waals surface area contributed by atoms with Gasteiger partial charge >= 0.3 is 0 Å². The normalized spacial score (nSPS) is 11.2. The summed E-state index contributed by atoms with van der Waals surface area (Å²) in [5.74, 6) is 0.465. The summed E-state index contributed by atoms with van der Waals surface area (Å²) in [6.45, 7) is 3.39. The lowest BCUT2D eigenvalue weighted by Gasteiger charge is -2.06. The Morgan fingerprint density at radius 3 is 2.77 bits per heavy atom. The number of hydrogen-bond donors (Lipinski definition) is 1. The van der Waals surface area contributed by atoms with Crippen molar-refractivity contribution in [1.82, 2.24) is 4.98 Å². The number of hydrogen-bond acceptors (Lipinski definition) is 3. The van der Waals surface area contributed by atoms with Crippen LogP contribution < -0.4 is 4.72 Å². The number of nitrogens with one attached hydrogen (secondary N) is 1. The van der Waals surface area contributed by atoms with Crippen molar-refractivity contribution < 1.29 is 8.42 Å². The van der Waals surface area contributed by atoms with Crippen LogP contribution in [0.3, 0.4) is 0 Å². The molecular formula is C8H12N2O2S. The van der Waals surface area contributed by atoms with Crippen LogP contribution >= 0.6 is 0 Å². The van der Waals surface area contributed by atoms with Gasteiger partial charge in [0.05, 0.1) is 5.75 Å². The molecule has 1 aromatic rings. The van der Waals surface area contributed by atoms with Crippen molar-refractivity contribution >= 4 is 15.8 Å². The van der Waals surface area contributed by atoms with Gasteiger partial charge in [-0.3, -0.25) is 4.72 Å². The van der Waals surface area contributed by atoms with Crippen LogP contribution in [0.4, 0.5) is 5.82 Å². The standard InChI is InChI=1S/C8H12N2O2S/c1-3-13(11,12)10-8-7(2)5-4-6-9-8/h4-6H,3H2,1-2H3,(H,9,10). The molecule has 0 atom stereocenters. The maximum absolute atomic E-state index is 11.2. The van der Waals surface area contributed by atoms with Gasteiger partial charge in [-0.2, -0.15) is 0 Å². The van der Waals surface area contributed by atoms with Crippen LogP contribution in [0, 0.1) is 6.92 Å². The van der Waals surface area contributed by atoms with Crippen molar-refractivity contribution in [2.45, 2.75) is 13.8 Å². The molecule has 0 aliphatic heterocycles. The van der Waals surface area contributed by atoms with E-state index in [1.807, 2.05) is 0 Å². The second-order valence-electron chi connectivity index (χ2n) is 2.67. The Morgan fingerprint density at radius 1 is 1.54 bits per heavy atom. The van der Waals surface area contributed by atoms with E-state index in [2.05, 4.69) is 9.71 Å². The molecule has 0 amide bonds. The molecule has 0 aliphatic carbocycles. The van der Waals surface area contributed by atoms with Gasteiger partial charge in [-0.15, -0.1) is 0 Å². The van der Waals surface area contributed by atoms with E-state index in [0.29, 0.717) is 5.82 Å². The van der Waals surface area contributed by atoms with Crippen molar-refractivity contribution in [3.63, 3.8) is 0 Å². The minimum Gasteiger partial charge on any atom is -0.267 e. The van der Waals surface area contributed by atoms with Crippen LogP contribution in [0.5, 0.6) is 0 Å². The molecule has 0 aliphatic rings. The first kappa shape index (κ1) is 9.98. The lowest BCUT2D eigenvalue weighted by Crippen LogP contribution is -2.16. The summed E-state index contributed by atoms with van der Waals surface area (Å²) in [6.07, 6.45) is 1.56. The van der Waals surface area contributed by atoms with E-state index < -0.39 is 10.0 Å². The summed E-state index contributed by atoms with van der Waals surface area (Å²) in [5, 5.41) is 0. The van der Waals surface area contributed by atoms with Crippen LogP contribution in [-0.2, 0) is 10.0 Å². The largest absolute Gasteiger partial charge is 0.267 e. The molecule has 0 saturated heterocycles. The summed E-state index contributed by atoms with van der Waals surface area (Å²) in [5.41, 5.74) is 0.819. The van der Waals surface area contributed by atoms with Gasteiger partial charge in [-0.05, 0) is 25.5 Å². The first-order valence-electron chi connectivity index (χ1n) is 3.97. The molecule has 1 rings (SSSR count). The van der Waals surface area contributed by atoms with Crippen molar-refractivity contribution in [3.8, 4) is 0 Å². The van der Waals surface area contributed by atoms with Gasteiger partial charge in [0.2, 0.25) is 10.0 Å². The molecule has 1 aromatic heterocycles. The zero-order valence-corrected chi connectivity index (χ0v) is 8.43. The van der Waals surface area contributed by atoms with Crippen LogP contribution in [0.1, 0.15) is 12.5 Å². The predicted molar refractivity (Wildman–Crippen MR) is 52.1 cm³/mol. The average molecular weight is 200 g/mol. The zero-order chi connectivity index (χ0) is 9.90. The van der Waals surface area contributed by atoms with Gasteiger partial charge in [-0.25, -0.2) is 13.4 Å². The molecule has 0 radical (unpaired) electrons. The van der Waals surface area contributed by atoms with Crippen molar-refractivity contribution in [1.29, 1.82) is 0 Å². The van der Waals surface area contributed by atoms with E-state index in [-0.39, 0.29) is 5.75 Å². The fourth-order valence-corrected chi connectivity index (χ4v) is 1.46.